The summed E-state index contributed by atoms with van der Waals surface area (Å²) in [6.07, 6.45) is 1.60. The smallest absolute Gasteiger partial charge is 0.254 e. The molecule has 2 aliphatic rings. The zero-order valence-electron chi connectivity index (χ0n) is 11.3. The summed E-state index contributed by atoms with van der Waals surface area (Å²) in [6.45, 7) is 2.32. The van der Waals surface area contributed by atoms with Gasteiger partial charge in [0.25, 0.3) is 5.91 Å². The fourth-order valence-corrected chi connectivity index (χ4v) is 2.70. The molecule has 0 aromatic heterocycles. The standard InChI is InChI=1S/C15H17N3O2/c16-9-13-10-18(6-7-20-13)15(19)12-3-4-14-11(8-12)2-1-5-17-14/h3-4,8,13,17H,1-2,5-7,10H2. The van der Waals surface area contributed by atoms with E-state index in [1.54, 1.807) is 4.90 Å². The number of fused-ring (bicyclic) bond motifs is 1. The van der Waals surface area contributed by atoms with Gasteiger partial charge in [-0.25, -0.2) is 0 Å². The quantitative estimate of drug-likeness (QED) is 0.838. The molecular formula is C15H17N3O2. The Bertz CT molecular complexity index is 565. The minimum atomic E-state index is -0.507. The molecule has 2 heterocycles. The van der Waals surface area contributed by atoms with Gasteiger partial charge in [0.05, 0.1) is 19.2 Å². The van der Waals surface area contributed by atoms with Gasteiger partial charge in [-0.3, -0.25) is 4.79 Å². The summed E-state index contributed by atoms with van der Waals surface area (Å²) in [5, 5.41) is 12.2. The molecule has 1 unspecified atom stereocenters. The van der Waals surface area contributed by atoms with Crippen LogP contribution in [-0.2, 0) is 11.2 Å². The number of benzene rings is 1. The Hall–Kier alpha value is -2.06. The van der Waals surface area contributed by atoms with E-state index in [0.717, 1.165) is 25.1 Å². The Balaban J connectivity index is 1.78. The average molecular weight is 271 g/mol. The van der Waals surface area contributed by atoms with Gasteiger partial charge >= 0.3 is 0 Å². The molecule has 1 atom stereocenters. The number of amides is 1. The first-order valence-electron chi connectivity index (χ1n) is 6.95. The molecule has 1 N–H and O–H groups in total. The number of anilines is 1. The maximum absolute atomic E-state index is 12.5. The molecule has 1 saturated heterocycles. The molecule has 20 heavy (non-hydrogen) atoms. The van der Waals surface area contributed by atoms with Crippen LogP contribution in [0, 0.1) is 11.3 Å². The van der Waals surface area contributed by atoms with Crippen LogP contribution in [0.5, 0.6) is 0 Å². The highest BCUT2D eigenvalue weighted by Gasteiger charge is 2.25. The number of aryl methyl sites for hydroxylation is 1. The first-order valence-corrected chi connectivity index (χ1v) is 6.95. The largest absolute Gasteiger partial charge is 0.385 e. The van der Waals surface area contributed by atoms with Gasteiger partial charge in [-0.15, -0.1) is 0 Å². The van der Waals surface area contributed by atoms with Crippen molar-refractivity contribution in [3.8, 4) is 6.07 Å². The van der Waals surface area contributed by atoms with Crippen molar-refractivity contribution in [3.63, 3.8) is 0 Å². The number of carbonyl (C=O) groups is 1. The number of morpholine rings is 1. The SMILES string of the molecule is N#CC1CN(C(=O)c2ccc3c(c2)CCCN3)CCO1. The zero-order valence-corrected chi connectivity index (χ0v) is 11.3. The second kappa shape index (κ2) is 5.51. The fourth-order valence-electron chi connectivity index (χ4n) is 2.70. The van der Waals surface area contributed by atoms with E-state index in [-0.39, 0.29) is 5.91 Å². The Kier molecular flexibility index (Phi) is 3.57. The second-order valence-corrected chi connectivity index (χ2v) is 5.14. The third-order valence-corrected chi connectivity index (χ3v) is 3.79. The van der Waals surface area contributed by atoms with Gasteiger partial charge in [-0.2, -0.15) is 5.26 Å². The molecule has 1 amide bonds. The number of nitriles is 1. The Labute approximate surface area is 118 Å². The minimum Gasteiger partial charge on any atom is -0.385 e. The summed E-state index contributed by atoms with van der Waals surface area (Å²) in [6, 6.07) is 7.87. The van der Waals surface area contributed by atoms with Crippen molar-refractivity contribution >= 4 is 11.6 Å². The lowest BCUT2D eigenvalue weighted by molar-refractivity contribution is 0.00346. The van der Waals surface area contributed by atoms with Crippen LogP contribution >= 0.6 is 0 Å². The molecule has 5 heteroatoms. The van der Waals surface area contributed by atoms with Crippen molar-refractivity contribution in [2.75, 3.05) is 31.6 Å². The Morgan fingerprint density at radius 3 is 3.25 bits per heavy atom. The third-order valence-electron chi connectivity index (χ3n) is 3.79. The van der Waals surface area contributed by atoms with Crippen LogP contribution in [-0.4, -0.2) is 43.2 Å². The highest BCUT2D eigenvalue weighted by Crippen LogP contribution is 2.23. The second-order valence-electron chi connectivity index (χ2n) is 5.14. The maximum atomic E-state index is 12.5. The van der Waals surface area contributed by atoms with Gasteiger partial charge in [0, 0.05) is 24.3 Å². The summed E-state index contributed by atoms with van der Waals surface area (Å²) >= 11 is 0. The van der Waals surface area contributed by atoms with Crippen LogP contribution in [0.25, 0.3) is 0 Å². The predicted molar refractivity (Wildman–Crippen MR) is 74.5 cm³/mol. The molecule has 0 aliphatic carbocycles. The van der Waals surface area contributed by atoms with Crippen LogP contribution in [0.1, 0.15) is 22.3 Å². The maximum Gasteiger partial charge on any atom is 0.254 e. The molecular weight excluding hydrogens is 254 g/mol. The molecule has 5 nitrogen and oxygen atoms in total. The summed E-state index contributed by atoms with van der Waals surface area (Å²) in [4.78, 5) is 14.2. The molecule has 3 rings (SSSR count). The average Bonchev–Trinajstić information content (AvgIpc) is 2.53. The molecule has 0 spiro atoms. The predicted octanol–water partition coefficient (Wildman–Crippen LogP) is 1.41. The van der Waals surface area contributed by atoms with Crippen LogP contribution < -0.4 is 5.32 Å². The summed E-state index contributed by atoms with van der Waals surface area (Å²) in [7, 11) is 0. The minimum absolute atomic E-state index is 0.0121. The first-order chi connectivity index (χ1) is 9.78. The fraction of sp³-hybridized carbons (Fsp3) is 0.467. The molecule has 0 radical (unpaired) electrons. The molecule has 0 saturated carbocycles. The van der Waals surface area contributed by atoms with Crippen molar-refractivity contribution in [1.29, 1.82) is 5.26 Å². The molecule has 104 valence electrons. The number of hydrogen-bond acceptors (Lipinski definition) is 4. The topological polar surface area (TPSA) is 65.4 Å². The summed E-state index contributed by atoms with van der Waals surface area (Å²) in [5.74, 6) is -0.0121. The molecule has 1 aromatic carbocycles. The van der Waals surface area contributed by atoms with Gasteiger partial charge in [-0.1, -0.05) is 0 Å². The Morgan fingerprint density at radius 2 is 2.40 bits per heavy atom. The van der Waals surface area contributed by atoms with Crippen molar-refractivity contribution in [2.24, 2.45) is 0 Å². The van der Waals surface area contributed by atoms with E-state index >= 15 is 0 Å². The monoisotopic (exact) mass is 271 g/mol. The molecule has 1 fully saturated rings. The van der Waals surface area contributed by atoms with Crippen molar-refractivity contribution in [3.05, 3.63) is 29.3 Å². The van der Waals surface area contributed by atoms with E-state index in [1.807, 2.05) is 18.2 Å². The molecule has 2 aliphatic heterocycles. The number of ether oxygens (including phenoxy) is 1. The molecule has 0 bridgehead atoms. The highest BCUT2D eigenvalue weighted by molar-refractivity contribution is 5.95. The van der Waals surface area contributed by atoms with Crippen molar-refractivity contribution < 1.29 is 9.53 Å². The lowest BCUT2D eigenvalue weighted by Gasteiger charge is -2.30. The van der Waals surface area contributed by atoms with E-state index in [1.165, 1.54) is 5.56 Å². The summed E-state index contributed by atoms with van der Waals surface area (Å²) < 4.78 is 5.27. The normalized spacial score (nSPS) is 21.6. The van der Waals surface area contributed by atoms with Crippen LogP contribution in [0.2, 0.25) is 0 Å². The Morgan fingerprint density at radius 1 is 1.50 bits per heavy atom. The third kappa shape index (κ3) is 2.47. The number of hydrogen-bond donors (Lipinski definition) is 1. The highest BCUT2D eigenvalue weighted by atomic mass is 16.5. The number of nitrogens with one attached hydrogen (secondary N) is 1. The van der Waals surface area contributed by atoms with Crippen molar-refractivity contribution in [2.45, 2.75) is 18.9 Å². The lowest BCUT2D eigenvalue weighted by Crippen LogP contribution is -2.45. The van der Waals surface area contributed by atoms with E-state index in [2.05, 4.69) is 11.4 Å². The van der Waals surface area contributed by atoms with Gasteiger partial charge in [0.1, 0.15) is 0 Å². The first kappa shape index (κ1) is 12.9. The van der Waals surface area contributed by atoms with Crippen LogP contribution in [0.3, 0.4) is 0 Å². The number of carbonyl (C=O) groups excluding carboxylic acids is 1. The van der Waals surface area contributed by atoms with Crippen LogP contribution in [0.15, 0.2) is 18.2 Å². The lowest BCUT2D eigenvalue weighted by atomic mass is 10.00. The van der Waals surface area contributed by atoms with E-state index in [9.17, 15) is 4.79 Å². The van der Waals surface area contributed by atoms with Crippen LogP contribution in [0.4, 0.5) is 5.69 Å². The number of nitrogens with zero attached hydrogens (tertiary/aromatic N) is 2. The number of rotatable bonds is 1. The van der Waals surface area contributed by atoms with E-state index in [4.69, 9.17) is 10.00 Å². The van der Waals surface area contributed by atoms with Gasteiger partial charge < -0.3 is 15.0 Å². The van der Waals surface area contributed by atoms with Crippen molar-refractivity contribution in [1.82, 2.24) is 4.90 Å². The van der Waals surface area contributed by atoms with Gasteiger partial charge in [0.2, 0.25) is 0 Å². The molecule has 1 aromatic rings. The summed E-state index contributed by atoms with van der Waals surface area (Å²) in [5.41, 5.74) is 3.03. The van der Waals surface area contributed by atoms with E-state index < -0.39 is 6.10 Å². The van der Waals surface area contributed by atoms with E-state index in [0.29, 0.717) is 25.3 Å². The van der Waals surface area contributed by atoms with Gasteiger partial charge in [0.15, 0.2) is 6.10 Å². The van der Waals surface area contributed by atoms with Gasteiger partial charge in [-0.05, 0) is 36.6 Å². The zero-order chi connectivity index (χ0) is 13.9.